The Hall–Kier alpha value is -4.16. The van der Waals surface area contributed by atoms with Gasteiger partial charge in [0, 0.05) is 37.7 Å². The van der Waals surface area contributed by atoms with E-state index in [1.807, 2.05) is 6.07 Å². The number of nitriles is 2. The number of aliphatic hydroxyl groups is 2. The van der Waals surface area contributed by atoms with Crippen molar-refractivity contribution in [3.63, 3.8) is 0 Å². The summed E-state index contributed by atoms with van der Waals surface area (Å²) >= 11 is 1.37. The van der Waals surface area contributed by atoms with E-state index in [4.69, 9.17) is 14.8 Å². The number of benzene rings is 1. The van der Waals surface area contributed by atoms with E-state index >= 15 is 0 Å². The Balaban J connectivity index is 1.75. The minimum absolute atomic E-state index is 0.0610. The summed E-state index contributed by atoms with van der Waals surface area (Å²) in [5, 5.41) is 42.2. The van der Waals surface area contributed by atoms with Crippen LogP contribution >= 0.6 is 11.8 Å². The number of nitrogens with zero attached hydrogens (tertiary/aromatic N) is 5. The summed E-state index contributed by atoms with van der Waals surface area (Å²) in [6, 6.07) is 15.1. The van der Waals surface area contributed by atoms with Gasteiger partial charge in [-0.1, -0.05) is 12.1 Å². The predicted octanol–water partition coefficient (Wildman–Crippen LogP) is 3.26. The molecule has 40 heavy (non-hydrogen) atoms. The van der Waals surface area contributed by atoms with Crippen LogP contribution in [0.3, 0.4) is 0 Å². The largest absolute Gasteiger partial charge is 0.491 e. The Labute approximate surface area is 237 Å². The van der Waals surface area contributed by atoms with Crippen molar-refractivity contribution >= 4 is 23.5 Å². The van der Waals surface area contributed by atoms with Crippen LogP contribution in [0.2, 0.25) is 0 Å². The Bertz CT molecular complexity index is 1430. The summed E-state index contributed by atoms with van der Waals surface area (Å²) in [7, 11) is 1.55. The number of aromatic nitrogens is 2. The number of nitrogens with one attached hydrogen (secondary N) is 1. The number of aliphatic hydroxyl groups excluding tert-OH is 2. The number of thioether (sulfide) groups is 1. The average molecular weight is 559 g/mol. The summed E-state index contributed by atoms with van der Waals surface area (Å²) < 4.78 is 5.53. The lowest BCUT2D eigenvalue weighted by molar-refractivity contribution is 0.0536. The predicted molar refractivity (Wildman–Crippen MR) is 151 cm³/mol. The van der Waals surface area contributed by atoms with Crippen LogP contribution in [0.25, 0.3) is 11.1 Å². The fourth-order valence-corrected chi connectivity index (χ4v) is 5.35. The highest BCUT2D eigenvalue weighted by Crippen LogP contribution is 2.39. The van der Waals surface area contributed by atoms with Crippen molar-refractivity contribution in [2.75, 3.05) is 38.3 Å². The minimum atomic E-state index is -0.991. The molecule has 0 unspecified atom stereocenters. The van der Waals surface area contributed by atoms with E-state index in [-0.39, 0.29) is 12.5 Å². The van der Waals surface area contributed by atoms with E-state index in [2.05, 4.69) is 27.3 Å². The molecule has 0 spiro atoms. The maximum atomic E-state index is 12.0. The number of hydrogen-bond acceptors (Lipinski definition) is 10. The van der Waals surface area contributed by atoms with Gasteiger partial charge in [-0.05, 0) is 54.7 Å². The molecule has 1 aliphatic heterocycles. The molecule has 1 atom stereocenters. The molecule has 0 radical (unpaired) electrons. The SMILES string of the molecule is CNC(=O)c1cc(CSc2nc(N3CCCCC3)c(C#N)c(-c3ccc(OC[C@H](O)CO)cc3)c2C#N)ccn1. The number of carbonyl (C=O) groups excluding carboxylic acids is 1. The first-order chi connectivity index (χ1) is 19.5. The van der Waals surface area contributed by atoms with E-state index in [1.165, 1.54) is 11.8 Å². The minimum Gasteiger partial charge on any atom is -0.491 e. The first kappa shape index (κ1) is 28.8. The average Bonchev–Trinajstić information content (AvgIpc) is 3.02. The van der Waals surface area contributed by atoms with Gasteiger partial charge in [0.15, 0.2) is 0 Å². The smallest absolute Gasteiger partial charge is 0.269 e. The van der Waals surface area contributed by atoms with Gasteiger partial charge in [-0.3, -0.25) is 9.78 Å². The third-order valence-electron chi connectivity index (χ3n) is 6.48. The second-order valence-electron chi connectivity index (χ2n) is 9.23. The monoisotopic (exact) mass is 558 g/mol. The molecule has 4 rings (SSSR count). The molecule has 206 valence electrons. The zero-order valence-electron chi connectivity index (χ0n) is 22.1. The molecule has 10 nitrogen and oxygen atoms in total. The Morgan fingerprint density at radius 1 is 1.15 bits per heavy atom. The van der Waals surface area contributed by atoms with Gasteiger partial charge in [-0.15, -0.1) is 11.8 Å². The van der Waals surface area contributed by atoms with Crippen LogP contribution in [0, 0.1) is 22.7 Å². The lowest BCUT2D eigenvalue weighted by atomic mass is 9.96. The van der Waals surface area contributed by atoms with Crippen LogP contribution in [0.15, 0.2) is 47.6 Å². The quantitative estimate of drug-likeness (QED) is 0.316. The van der Waals surface area contributed by atoms with Crippen molar-refractivity contribution < 1.29 is 19.7 Å². The van der Waals surface area contributed by atoms with Crippen LogP contribution in [0.1, 0.15) is 46.4 Å². The molecule has 0 aliphatic carbocycles. The first-order valence-electron chi connectivity index (χ1n) is 12.9. The first-order valence-corrected chi connectivity index (χ1v) is 13.9. The summed E-state index contributed by atoms with van der Waals surface area (Å²) in [5.41, 5.74) is 2.96. The van der Waals surface area contributed by atoms with Crippen LogP contribution in [0.4, 0.5) is 5.82 Å². The molecule has 11 heteroatoms. The number of piperidine rings is 1. The molecule has 1 amide bonds. The van der Waals surface area contributed by atoms with Gasteiger partial charge >= 0.3 is 0 Å². The van der Waals surface area contributed by atoms with E-state index in [0.29, 0.717) is 50.3 Å². The van der Waals surface area contributed by atoms with Gasteiger partial charge in [0.2, 0.25) is 0 Å². The molecule has 1 aliphatic rings. The lowest BCUT2D eigenvalue weighted by Gasteiger charge is -2.30. The highest BCUT2D eigenvalue weighted by atomic mass is 32.2. The van der Waals surface area contributed by atoms with Gasteiger partial charge in [0.05, 0.1) is 12.2 Å². The Morgan fingerprint density at radius 3 is 2.52 bits per heavy atom. The molecule has 1 aromatic carbocycles. The van der Waals surface area contributed by atoms with Gasteiger partial charge < -0.3 is 25.2 Å². The van der Waals surface area contributed by atoms with Crippen LogP contribution < -0.4 is 15.0 Å². The fraction of sp³-hybridized carbons (Fsp3) is 0.345. The summed E-state index contributed by atoms with van der Waals surface area (Å²) in [5.74, 6) is 1.21. The molecule has 3 heterocycles. The van der Waals surface area contributed by atoms with Crippen molar-refractivity contribution in [1.82, 2.24) is 15.3 Å². The van der Waals surface area contributed by atoms with Crippen molar-refractivity contribution in [2.24, 2.45) is 0 Å². The van der Waals surface area contributed by atoms with Gasteiger partial charge in [0.25, 0.3) is 5.91 Å². The highest BCUT2D eigenvalue weighted by Gasteiger charge is 2.26. The van der Waals surface area contributed by atoms with E-state index < -0.39 is 12.7 Å². The van der Waals surface area contributed by atoms with Crippen molar-refractivity contribution in [1.29, 1.82) is 10.5 Å². The second kappa shape index (κ2) is 13.8. The maximum Gasteiger partial charge on any atom is 0.269 e. The Morgan fingerprint density at radius 2 is 1.88 bits per heavy atom. The van der Waals surface area contributed by atoms with Crippen molar-refractivity contribution in [3.8, 4) is 29.0 Å². The van der Waals surface area contributed by atoms with Gasteiger partial charge in [0.1, 0.15) is 52.7 Å². The molecule has 3 N–H and O–H groups in total. The lowest BCUT2D eigenvalue weighted by Crippen LogP contribution is -2.31. The number of hydrogen-bond donors (Lipinski definition) is 3. The van der Waals surface area contributed by atoms with Gasteiger partial charge in [-0.2, -0.15) is 10.5 Å². The fourth-order valence-electron chi connectivity index (χ4n) is 4.42. The van der Waals surface area contributed by atoms with Crippen LogP contribution in [-0.4, -0.2) is 65.5 Å². The molecule has 0 bridgehead atoms. The Kier molecular flexibility index (Phi) is 9.92. The van der Waals surface area contributed by atoms with Crippen LogP contribution in [-0.2, 0) is 5.75 Å². The molecule has 0 saturated carbocycles. The van der Waals surface area contributed by atoms with Crippen LogP contribution in [0.5, 0.6) is 5.75 Å². The maximum absolute atomic E-state index is 12.0. The van der Waals surface area contributed by atoms with Crippen molar-refractivity contribution in [3.05, 3.63) is 65.0 Å². The zero-order chi connectivity index (χ0) is 28.5. The number of pyridine rings is 2. The molecule has 2 aromatic heterocycles. The van der Waals surface area contributed by atoms with E-state index in [0.717, 1.165) is 37.9 Å². The number of carbonyl (C=O) groups is 1. The van der Waals surface area contributed by atoms with E-state index in [1.54, 1.807) is 43.6 Å². The zero-order valence-corrected chi connectivity index (χ0v) is 22.9. The molecule has 1 saturated heterocycles. The molecular weight excluding hydrogens is 528 g/mol. The summed E-state index contributed by atoms with van der Waals surface area (Å²) in [6.07, 6.45) is 3.69. The number of ether oxygens (including phenoxy) is 1. The number of anilines is 1. The van der Waals surface area contributed by atoms with Crippen molar-refractivity contribution in [2.45, 2.75) is 36.1 Å². The third-order valence-corrected chi connectivity index (χ3v) is 7.53. The normalized spacial score (nSPS) is 13.7. The molecule has 1 fully saturated rings. The highest BCUT2D eigenvalue weighted by molar-refractivity contribution is 7.98. The molecular formula is C29H30N6O4S. The van der Waals surface area contributed by atoms with Gasteiger partial charge in [-0.25, -0.2) is 4.98 Å². The topological polar surface area (TPSA) is 155 Å². The summed E-state index contributed by atoms with van der Waals surface area (Å²) in [6.45, 7) is 1.08. The second-order valence-corrected chi connectivity index (χ2v) is 10.2. The number of amides is 1. The van der Waals surface area contributed by atoms with E-state index in [9.17, 15) is 20.4 Å². The third kappa shape index (κ3) is 6.69. The molecule has 3 aromatic rings. The summed E-state index contributed by atoms with van der Waals surface area (Å²) in [4.78, 5) is 23.1. The number of rotatable bonds is 10. The standard InChI is InChI=1S/C29H30N6O4S/c1-32-28(38)25-13-19(9-10-33-25)18-40-29-24(15-31)26(20-5-7-22(8-6-20)39-17-21(37)16-36)23(14-30)27(34-29)35-11-3-2-4-12-35/h5-10,13,21,36-37H,2-4,11-12,16-18H2,1H3,(H,32,38)/t21-/m1/s1.